The Kier molecular flexibility index (Phi) is 4.22. The Hall–Kier alpha value is -0.120. The molecule has 0 bridgehead atoms. The summed E-state index contributed by atoms with van der Waals surface area (Å²) in [6, 6.07) is 0.556. The van der Waals surface area contributed by atoms with Crippen molar-refractivity contribution >= 4 is 0 Å². The minimum absolute atomic E-state index is 0.176. The van der Waals surface area contributed by atoms with Crippen LogP contribution in [0.25, 0.3) is 0 Å². The molecule has 0 radical (unpaired) electrons. The lowest BCUT2D eigenvalue weighted by Crippen LogP contribution is -2.51. The second kappa shape index (κ2) is 5.48. The van der Waals surface area contributed by atoms with Crippen LogP contribution < -0.4 is 5.32 Å². The molecule has 2 unspecified atom stereocenters. The van der Waals surface area contributed by atoms with Crippen molar-refractivity contribution in [3.8, 4) is 0 Å². The van der Waals surface area contributed by atoms with E-state index in [0.29, 0.717) is 6.04 Å². The van der Waals surface area contributed by atoms with Gasteiger partial charge in [0, 0.05) is 19.2 Å². The Morgan fingerprint density at radius 1 is 1.50 bits per heavy atom. The van der Waals surface area contributed by atoms with Crippen molar-refractivity contribution in [3.63, 3.8) is 0 Å². The molecule has 2 rings (SSSR count). The second-order valence-corrected chi connectivity index (χ2v) is 5.43. The Balaban J connectivity index is 1.69. The number of aliphatic hydroxyl groups is 1. The van der Waals surface area contributed by atoms with Gasteiger partial charge in [0.25, 0.3) is 0 Å². The fourth-order valence-electron chi connectivity index (χ4n) is 2.86. The van der Waals surface area contributed by atoms with Gasteiger partial charge in [0.15, 0.2) is 0 Å². The summed E-state index contributed by atoms with van der Waals surface area (Å²) in [4.78, 5) is 0. The maximum Gasteiger partial charge on any atom is 0.0697 e. The zero-order chi connectivity index (χ0) is 11.4. The topological polar surface area (TPSA) is 41.5 Å². The fraction of sp³-hybridized carbons (Fsp3) is 1.00. The SMILES string of the molecule is CCCC(O)CNC1CCOC2(CCC2)C1. The predicted octanol–water partition coefficient (Wildman–Crippen LogP) is 1.84. The summed E-state index contributed by atoms with van der Waals surface area (Å²) < 4.78 is 5.88. The van der Waals surface area contributed by atoms with Crippen LogP contribution >= 0.6 is 0 Å². The molecule has 1 aliphatic carbocycles. The molecular formula is C13H25NO2. The lowest BCUT2D eigenvalue weighted by Gasteiger charge is -2.47. The van der Waals surface area contributed by atoms with Crippen LogP contribution in [0.1, 0.15) is 51.9 Å². The Bertz CT molecular complexity index is 216. The molecule has 16 heavy (non-hydrogen) atoms. The van der Waals surface area contributed by atoms with Gasteiger partial charge in [-0.25, -0.2) is 0 Å². The van der Waals surface area contributed by atoms with Crippen molar-refractivity contribution < 1.29 is 9.84 Å². The van der Waals surface area contributed by atoms with Gasteiger partial charge >= 0.3 is 0 Å². The van der Waals surface area contributed by atoms with Crippen LogP contribution in [0, 0.1) is 0 Å². The number of hydrogen-bond acceptors (Lipinski definition) is 3. The quantitative estimate of drug-likeness (QED) is 0.753. The molecule has 2 N–H and O–H groups in total. The molecule has 3 nitrogen and oxygen atoms in total. The van der Waals surface area contributed by atoms with Crippen molar-refractivity contribution in [2.75, 3.05) is 13.2 Å². The third kappa shape index (κ3) is 2.96. The third-order valence-electron chi connectivity index (χ3n) is 4.02. The maximum atomic E-state index is 9.69. The Morgan fingerprint density at radius 3 is 2.94 bits per heavy atom. The molecule has 2 atom stereocenters. The molecule has 94 valence electrons. The van der Waals surface area contributed by atoms with Crippen molar-refractivity contribution in [1.29, 1.82) is 0 Å². The summed E-state index contributed by atoms with van der Waals surface area (Å²) in [6.45, 7) is 3.75. The first kappa shape index (κ1) is 12.3. The standard InChI is InChI=1S/C13H25NO2/c1-2-4-12(15)10-14-11-5-8-16-13(9-11)6-3-7-13/h11-12,14-15H,2-10H2,1H3. The number of hydrogen-bond donors (Lipinski definition) is 2. The summed E-state index contributed by atoms with van der Waals surface area (Å²) >= 11 is 0. The first-order valence-electron chi connectivity index (χ1n) is 6.79. The van der Waals surface area contributed by atoms with Gasteiger partial charge in [-0.3, -0.25) is 0 Å². The molecule has 3 heteroatoms. The lowest BCUT2D eigenvalue weighted by molar-refractivity contribution is -0.136. The highest BCUT2D eigenvalue weighted by atomic mass is 16.5. The highest BCUT2D eigenvalue weighted by molar-refractivity contribution is 4.96. The molecule has 2 fully saturated rings. The Morgan fingerprint density at radius 2 is 2.31 bits per heavy atom. The zero-order valence-electron chi connectivity index (χ0n) is 10.4. The van der Waals surface area contributed by atoms with Crippen molar-refractivity contribution in [2.24, 2.45) is 0 Å². The fourth-order valence-corrected chi connectivity index (χ4v) is 2.86. The average Bonchev–Trinajstić information content (AvgIpc) is 2.25. The van der Waals surface area contributed by atoms with Crippen molar-refractivity contribution in [1.82, 2.24) is 5.32 Å². The van der Waals surface area contributed by atoms with Crippen molar-refractivity contribution in [3.05, 3.63) is 0 Å². The summed E-state index contributed by atoms with van der Waals surface area (Å²) in [6.07, 6.45) is 7.83. The predicted molar refractivity (Wildman–Crippen MR) is 64.5 cm³/mol. The molecule has 2 aliphatic rings. The summed E-state index contributed by atoms with van der Waals surface area (Å²) in [7, 11) is 0. The van der Waals surface area contributed by atoms with Crippen LogP contribution in [0.4, 0.5) is 0 Å². The van der Waals surface area contributed by atoms with Crippen LogP contribution in [0.2, 0.25) is 0 Å². The third-order valence-corrected chi connectivity index (χ3v) is 4.02. The molecular weight excluding hydrogens is 202 g/mol. The molecule has 1 spiro atoms. The van der Waals surface area contributed by atoms with Gasteiger partial charge in [-0.1, -0.05) is 13.3 Å². The molecule has 0 aromatic rings. The van der Waals surface area contributed by atoms with Gasteiger partial charge in [0.1, 0.15) is 0 Å². The van der Waals surface area contributed by atoms with Gasteiger partial charge in [0.05, 0.1) is 11.7 Å². The minimum Gasteiger partial charge on any atom is -0.392 e. The highest BCUT2D eigenvalue weighted by Gasteiger charge is 2.42. The summed E-state index contributed by atoms with van der Waals surface area (Å²) in [5, 5.41) is 13.2. The number of nitrogens with one attached hydrogen (secondary N) is 1. The second-order valence-electron chi connectivity index (χ2n) is 5.43. The van der Waals surface area contributed by atoms with E-state index in [1.807, 2.05) is 0 Å². The molecule has 1 heterocycles. The van der Waals surface area contributed by atoms with E-state index in [2.05, 4.69) is 12.2 Å². The molecule has 0 amide bonds. The van der Waals surface area contributed by atoms with Gasteiger partial charge in [-0.15, -0.1) is 0 Å². The minimum atomic E-state index is -0.176. The van der Waals surface area contributed by atoms with Gasteiger partial charge < -0.3 is 15.2 Å². The van der Waals surface area contributed by atoms with E-state index in [0.717, 1.165) is 38.8 Å². The van der Waals surface area contributed by atoms with E-state index in [-0.39, 0.29) is 11.7 Å². The molecule has 1 saturated carbocycles. The summed E-state index contributed by atoms with van der Waals surface area (Å²) in [5.41, 5.74) is 0.214. The van der Waals surface area contributed by atoms with E-state index in [9.17, 15) is 5.11 Å². The van der Waals surface area contributed by atoms with E-state index in [4.69, 9.17) is 4.74 Å². The number of rotatable bonds is 5. The van der Waals surface area contributed by atoms with Crippen LogP contribution in [0.5, 0.6) is 0 Å². The Labute approximate surface area is 98.6 Å². The average molecular weight is 227 g/mol. The van der Waals surface area contributed by atoms with Crippen LogP contribution in [-0.2, 0) is 4.74 Å². The molecule has 0 aromatic carbocycles. The molecule has 1 saturated heterocycles. The van der Waals surface area contributed by atoms with Crippen molar-refractivity contribution in [2.45, 2.75) is 69.6 Å². The first-order valence-corrected chi connectivity index (χ1v) is 6.79. The van der Waals surface area contributed by atoms with Gasteiger partial charge in [-0.05, 0) is 38.5 Å². The van der Waals surface area contributed by atoms with E-state index < -0.39 is 0 Å². The normalized spacial score (nSPS) is 30.0. The zero-order valence-corrected chi connectivity index (χ0v) is 10.4. The van der Waals surface area contributed by atoms with Gasteiger partial charge in [-0.2, -0.15) is 0 Å². The molecule has 1 aliphatic heterocycles. The highest BCUT2D eigenvalue weighted by Crippen LogP contribution is 2.42. The largest absolute Gasteiger partial charge is 0.392 e. The molecule has 0 aromatic heterocycles. The van der Waals surface area contributed by atoms with E-state index >= 15 is 0 Å². The number of aliphatic hydroxyl groups excluding tert-OH is 1. The maximum absolute atomic E-state index is 9.69. The summed E-state index contributed by atoms with van der Waals surface area (Å²) in [5.74, 6) is 0. The first-order chi connectivity index (χ1) is 7.74. The van der Waals surface area contributed by atoms with Gasteiger partial charge in [0.2, 0.25) is 0 Å². The van der Waals surface area contributed by atoms with Crippen LogP contribution in [0.15, 0.2) is 0 Å². The van der Waals surface area contributed by atoms with E-state index in [1.54, 1.807) is 0 Å². The van der Waals surface area contributed by atoms with Crippen LogP contribution in [0.3, 0.4) is 0 Å². The smallest absolute Gasteiger partial charge is 0.0697 e. The van der Waals surface area contributed by atoms with Crippen LogP contribution in [-0.4, -0.2) is 36.0 Å². The monoisotopic (exact) mass is 227 g/mol. The lowest BCUT2D eigenvalue weighted by atomic mass is 9.74. The number of ether oxygens (including phenoxy) is 1. The van der Waals surface area contributed by atoms with E-state index in [1.165, 1.54) is 19.3 Å².